The summed E-state index contributed by atoms with van der Waals surface area (Å²) < 4.78 is 37.4. The number of alkyl carbamates (subject to hydrolysis) is 1. The number of rotatable bonds is 30. The minimum atomic E-state index is -0.901. The van der Waals surface area contributed by atoms with E-state index in [0.29, 0.717) is 52.5 Å². The highest BCUT2D eigenvalue weighted by molar-refractivity contribution is 5.76. The molecular weight excluding hydrogens is 690 g/mol. The first-order valence-corrected chi connectivity index (χ1v) is 17.5. The van der Waals surface area contributed by atoms with E-state index in [2.05, 4.69) is 42.9 Å². The molecule has 1 amide bonds. The minimum absolute atomic E-state index is 0.00783. The van der Waals surface area contributed by atoms with E-state index in [1.54, 1.807) is 39.0 Å². The average molecular weight is 756 g/mol. The first kappa shape index (κ1) is 51.3. The molecule has 0 heterocycles. The molecule has 0 radical (unpaired) electrons. The van der Waals surface area contributed by atoms with Crippen LogP contribution in [-0.2, 0) is 57.3 Å². The zero-order chi connectivity index (χ0) is 40.8. The lowest BCUT2D eigenvalue weighted by Crippen LogP contribution is -2.43. The molecule has 0 aliphatic heterocycles. The summed E-state index contributed by atoms with van der Waals surface area (Å²) in [5.74, 6) is -1.20. The molecule has 1 unspecified atom stereocenters. The maximum Gasteiger partial charge on any atom is 0.407 e. The number of hydrogen-bond acceptors (Lipinski definition) is 13. The fourth-order valence-electron chi connectivity index (χ4n) is 3.39. The molecule has 0 aliphatic carbocycles. The summed E-state index contributed by atoms with van der Waals surface area (Å²) in [4.78, 5) is 57.4. The maximum atomic E-state index is 12.3. The van der Waals surface area contributed by atoms with Gasteiger partial charge in [0, 0.05) is 6.54 Å². The Morgan fingerprint density at radius 2 is 1.21 bits per heavy atom. The van der Waals surface area contributed by atoms with Gasteiger partial charge in [-0.15, -0.1) is 19.7 Å². The van der Waals surface area contributed by atoms with E-state index in [0.717, 1.165) is 11.8 Å². The van der Waals surface area contributed by atoms with E-state index in [4.69, 9.17) is 38.2 Å². The summed E-state index contributed by atoms with van der Waals surface area (Å²) in [6.45, 7) is 32.9. The Bertz CT molecular complexity index is 1100. The smallest absolute Gasteiger partial charge is 0.407 e. The quantitative estimate of drug-likeness (QED) is 0.0167. The van der Waals surface area contributed by atoms with E-state index in [1.165, 1.54) is 0 Å². The summed E-state index contributed by atoms with van der Waals surface area (Å²) in [6.07, 6.45) is 5.56. The van der Waals surface area contributed by atoms with Crippen LogP contribution in [0.5, 0.6) is 0 Å². The van der Waals surface area contributed by atoms with Crippen LogP contribution >= 0.6 is 0 Å². The fourth-order valence-corrected chi connectivity index (χ4v) is 3.39. The highest BCUT2D eigenvalue weighted by Gasteiger charge is 2.36. The minimum Gasteiger partial charge on any atom is -0.464 e. The first-order chi connectivity index (χ1) is 25.0. The Morgan fingerprint density at radius 3 is 1.64 bits per heavy atom. The second kappa shape index (κ2) is 29.6. The zero-order valence-electron chi connectivity index (χ0n) is 33.1. The Kier molecular flexibility index (Phi) is 28.7. The average Bonchev–Trinajstić information content (AvgIpc) is 3.11. The van der Waals surface area contributed by atoms with Crippen LogP contribution in [0.3, 0.4) is 0 Å². The number of nitrogens with one attached hydrogen (secondary N) is 1. The summed E-state index contributed by atoms with van der Waals surface area (Å²) >= 11 is 0. The summed E-state index contributed by atoms with van der Waals surface area (Å²) in [6, 6.07) is 0. The van der Waals surface area contributed by atoms with Crippen LogP contribution in [0.2, 0.25) is 0 Å². The SMILES string of the molecule is C=CCOCC(COCC=C)(COCC=C)COC(=O)C(C)(C)CC.C=COC(=O)CCNC(=O)OC(COOCC(=C)C)COC(=O)C(C)(C)CC. The molecule has 0 aromatic rings. The molecule has 0 aromatic heterocycles. The number of esters is 3. The van der Waals surface area contributed by atoms with E-state index in [9.17, 15) is 19.2 Å². The van der Waals surface area contributed by atoms with Crippen LogP contribution in [0.25, 0.3) is 0 Å². The molecule has 0 saturated carbocycles. The number of carbonyl (C=O) groups is 4. The number of carbonyl (C=O) groups excluding carboxylic acids is 4. The highest BCUT2D eigenvalue weighted by Crippen LogP contribution is 2.26. The molecule has 53 heavy (non-hydrogen) atoms. The Balaban J connectivity index is 0. The van der Waals surface area contributed by atoms with Crippen LogP contribution in [0.1, 0.15) is 67.7 Å². The number of hydrogen-bond donors (Lipinski definition) is 1. The second-order valence-electron chi connectivity index (χ2n) is 13.4. The van der Waals surface area contributed by atoms with E-state index in [-0.39, 0.29) is 45.4 Å². The van der Waals surface area contributed by atoms with E-state index < -0.39 is 40.4 Å². The zero-order valence-corrected chi connectivity index (χ0v) is 33.1. The van der Waals surface area contributed by atoms with Crippen molar-refractivity contribution in [3.8, 4) is 0 Å². The molecule has 0 saturated heterocycles. The van der Waals surface area contributed by atoms with Crippen LogP contribution in [0, 0.1) is 16.2 Å². The third-order valence-corrected chi connectivity index (χ3v) is 7.44. The third kappa shape index (κ3) is 25.7. The highest BCUT2D eigenvalue weighted by atomic mass is 17.2. The Morgan fingerprint density at radius 1 is 0.717 bits per heavy atom. The number of ether oxygens (including phenoxy) is 7. The van der Waals surface area contributed by atoms with Crippen molar-refractivity contribution >= 4 is 24.0 Å². The van der Waals surface area contributed by atoms with Crippen molar-refractivity contribution in [1.82, 2.24) is 5.32 Å². The largest absolute Gasteiger partial charge is 0.464 e. The fraction of sp³-hybridized carbons (Fsp3) is 0.641. The van der Waals surface area contributed by atoms with Gasteiger partial charge in [0.1, 0.15) is 26.4 Å². The van der Waals surface area contributed by atoms with Crippen LogP contribution in [0.4, 0.5) is 4.79 Å². The van der Waals surface area contributed by atoms with Gasteiger partial charge in [-0.05, 0) is 47.5 Å². The van der Waals surface area contributed by atoms with Gasteiger partial charge in [0.05, 0.1) is 68.6 Å². The summed E-state index contributed by atoms with van der Waals surface area (Å²) in [5.41, 5.74) is -1.04. The van der Waals surface area contributed by atoms with Crippen molar-refractivity contribution in [1.29, 1.82) is 0 Å². The molecule has 0 rings (SSSR count). The van der Waals surface area contributed by atoms with Gasteiger partial charge < -0.3 is 38.5 Å². The van der Waals surface area contributed by atoms with Crippen molar-refractivity contribution in [2.45, 2.75) is 73.8 Å². The Labute approximate surface area is 316 Å². The van der Waals surface area contributed by atoms with Gasteiger partial charge in [0.25, 0.3) is 0 Å². The molecule has 0 spiro atoms. The lowest BCUT2D eigenvalue weighted by atomic mass is 9.89. The predicted molar refractivity (Wildman–Crippen MR) is 201 cm³/mol. The summed E-state index contributed by atoms with van der Waals surface area (Å²) in [7, 11) is 0. The summed E-state index contributed by atoms with van der Waals surface area (Å²) in [5, 5.41) is 2.39. The maximum absolute atomic E-state index is 12.3. The monoisotopic (exact) mass is 755 g/mol. The van der Waals surface area contributed by atoms with Crippen LogP contribution < -0.4 is 5.32 Å². The lowest BCUT2D eigenvalue weighted by molar-refractivity contribution is -0.300. The van der Waals surface area contributed by atoms with Crippen molar-refractivity contribution in [2.75, 3.05) is 72.6 Å². The van der Waals surface area contributed by atoms with E-state index >= 15 is 0 Å². The molecule has 14 heteroatoms. The van der Waals surface area contributed by atoms with Gasteiger partial charge in [-0.3, -0.25) is 14.4 Å². The number of amides is 1. The van der Waals surface area contributed by atoms with Gasteiger partial charge >= 0.3 is 24.0 Å². The normalized spacial score (nSPS) is 11.8. The van der Waals surface area contributed by atoms with Crippen molar-refractivity contribution < 1.29 is 62.1 Å². The van der Waals surface area contributed by atoms with E-state index in [1.807, 2.05) is 27.7 Å². The molecule has 0 aromatic carbocycles. The second-order valence-corrected chi connectivity index (χ2v) is 13.4. The van der Waals surface area contributed by atoms with Crippen molar-refractivity contribution in [2.24, 2.45) is 16.2 Å². The third-order valence-electron chi connectivity index (χ3n) is 7.44. The van der Waals surface area contributed by atoms with Crippen molar-refractivity contribution in [3.05, 3.63) is 63.0 Å². The predicted octanol–water partition coefficient (Wildman–Crippen LogP) is 6.22. The molecule has 14 nitrogen and oxygen atoms in total. The van der Waals surface area contributed by atoms with Gasteiger partial charge in [-0.1, -0.05) is 50.8 Å². The molecular formula is C39H65NO13. The molecule has 0 aliphatic rings. The standard InChI is InChI=1S/C20H34O5.C19H31NO8/c1-7-11-22-14-20(15-23-12-8-2,16-24-13-9-3)17-25-18(21)19(5,6)10-4;1-7-19(5,6)17(22)25-12-15(13-27-26-11-14(3)4)28-18(23)20-10-9-16(21)24-8-2/h7-9H,1-3,10-17H2,4-6H3;8,15H,2-3,7,9-13H2,1,4-6H3,(H,20,23). The topological polar surface area (TPSA) is 163 Å². The molecule has 0 fully saturated rings. The van der Waals surface area contributed by atoms with Crippen LogP contribution in [0.15, 0.2) is 63.0 Å². The molecule has 0 bridgehead atoms. The van der Waals surface area contributed by atoms with Gasteiger partial charge in [0.2, 0.25) is 0 Å². The van der Waals surface area contributed by atoms with Gasteiger partial charge in [0.15, 0.2) is 6.10 Å². The lowest BCUT2D eigenvalue weighted by Gasteiger charge is -2.33. The van der Waals surface area contributed by atoms with Gasteiger partial charge in [-0.25, -0.2) is 14.6 Å². The van der Waals surface area contributed by atoms with Crippen molar-refractivity contribution in [3.63, 3.8) is 0 Å². The first-order valence-electron chi connectivity index (χ1n) is 17.5. The Hall–Kier alpha value is -3.82. The van der Waals surface area contributed by atoms with Gasteiger partial charge in [-0.2, -0.15) is 0 Å². The molecule has 1 atom stereocenters. The molecule has 1 N–H and O–H groups in total. The van der Waals surface area contributed by atoms with Crippen LogP contribution in [-0.4, -0.2) is 103 Å². The molecule has 304 valence electrons.